The fourth-order valence-electron chi connectivity index (χ4n) is 4.84. The molecule has 0 spiro atoms. The van der Waals surface area contributed by atoms with Gasteiger partial charge in [0.05, 0.1) is 27.5 Å². The molecule has 202 valence electrons. The Morgan fingerprint density at radius 2 is 1.74 bits per heavy atom. The lowest BCUT2D eigenvalue weighted by Crippen LogP contribution is -2.50. The highest BCUT2D eigenvalue weighted by Crippen LogP contribution is 2.40. The van der Waals surface area contributed by atoms with E-state index < -0.39 is 5.82 Å². The first-order valence-corrected chi connectivity index (χ1v) is 12.7. The van der Waals surface area contributed by atoms with Crippen molar-refractivity contribution in [2.24, 2.45) is 4.99 Å². The molecule has 1 aliphatic heterocycles. The zero-order valence-corrected chi connectivity index (χ0v) is 22.7. The number of nitrogens with zero attached hydrogens (tertiary/aromatic N) is 5. The highest BCUT2D eigenvalue weighted by Gasteiger charge is 2.29. The molecule has 1 N–H and O–H groups in total. The Labute approximate surface area is 231 Å². The molecule has 0 unspecified atom stereocenters. The molecule has 2 heterocycles. The number of aliphatic imine (C=N–C) groups is 1. The zero-order valence-electron chi connectivity index (χ0n) is 22.0. The largest absolute Gasteiger partial charge is 0.507 e. The van der Waals surface area contributed by atoms with Gasteiger partial charge in [0, 0.05) is 33.2 Å². The number of para-hydroxylation sites is 1. The van der Waals surface area contributed by atoms with E-state index in [1.807, 2.05) is 36.9 Å². The molecular formula is C29H29ClFN5O3. The number of phenols is 1. The zero-order chi connectivity index (χ0) is 28.3. The number of anilines is 2. The summed E-state index contributed by atoms with van der Waals surface area (Å²) in [4.78, 5) is 39.1. The van der Waals surface area contributed by atoms with Crippen LogP contribution in [0.25, 0.3) is 11.3 Å². The third-order valence-corrected chi connectivity index (χ3v) is 7.00. The van der Waals surface area contributed by atoms with E-state index in [9.17, 15) is 19.1 Å². The number of benzene rings is 2. The minimum absolute atomic E-state index is 0.0130. The van der Waals surface area contributed by atoms with Crippen LogP contribution in [-0.4, -0.2) is 71.3 Å². The third-order valence-electron chi connectivity index (χ3n) is 6.72. The number of hydrogen-bond donors (Lipinski definition) is 1. The van der Waals surface area contributed by atoms with Gasteiger partial charge in [0.15, 0.2) is 5.82 Å². The molecule has 1 saturated heterocycles. The number of rotatable bonds is 6. The van der Waals surface area contributed by atoms with Gasteiger partial charge < -0.3 is 14.9 Å². The van der Waals surface area contributed by atoms with Crippen LogP contribution in [0.4, 0.5) is 15.9 Å². The lowest BCUT2D eigenvalue weighted by molar-refractivity contribution is -0.127. The topological polar surface area (TPSA) is 89.3 Å². The van der Waals surface area contributed by atoms with Crippen molar-refractivity contribution in [3.63, 3.8) is 0 Å². The van der Waals surface area contributed by atoms with E-state index in [4.69, 9.17) is 16.6 Å². The van der Waals surface area contributed by atoms with Gasteiger partial charge in [-0.2, -0.15) is 0 Å². The molecule has 3 aromatic rings. The number of phenolic OH excluding ortho intramolecular Hbond substituents is 1. The minimum atomic E-state index is -0.708. The van der Waals surface area contributed by atoms with E-state index in [0.717, 1.165) is 11.1 Å². The number of carbonyl (C=O) groups excluding carboxylic acids is 2. The molecule has 10 heteroatoms. The van der Waals surface area contributed by atoms with Gasteiger partial charge in [-0.3, -0.25) is 19.5 Å². The Bertz CT molecular complexity index is 1430. The van der Waals surface area contributed by atoms with E-state index in [2.05, 4.69) is 11.6 Å². The van der Waals surface area contributed by atoms with Crippen LogP contribution in [0.2, 0.25) is 5.02 Å². The monoisotopic (exact) mass is 549 g/mol. The summed E-state index contributed by atoms with van der Waals surface area (Å²) in [5.74, 6) is -0.506. The van der Waals surface area contributed by atoms with Gasteiger partial charge in [0.1, 0.15) is 17.4 Å². The number of amides is 2. The summed E-state index contributed by atoms with van der Waals surface area (Å²) in [6.07, 6.45) is 1.93. The van der Waals surface area contributed by atoms with Gasteiger partial charge in [0.2, 0.25) is 12.3 Å². The van der Waals surface area contributed by atoms with Crippen LogP contribution in [0.5, 0.6) is 5.75 Å². The van der Waals surface area contributed by atoms with Crippen molar-refractivity contribution in [3.05, 3.63) is 82.6 Å². The molecule has 1 aliphatic rings. The quantitative estimate of drug-likeness (QED) is 0.205. The van der Waals surface area contributed by atoms with Gasteiger partial charge in [-0.15, -0.1) is 0 Å². The molecule has 39 heavy (non-hydrogen) atoms. The maximum absolute atomic E-state index is 14.9. The van der Waals surface area contributed by atoms with Crippen LogP contribution in [0.15, 0.2) is 60.1 Å². The van der Waals surface area contributed by atoms with Crippen LogP contribution in [0, 0.1) is 19.7 Å². The Balaban J connectivity index is 1.92. The van der Waals surface area contributed by atoms with Crippen molar-refractivity contribution >= 4 is 41.3 Å². The predicted octanol–water partition coefficient (Wildman–Crippen LogP) is 4.86. The summed E-state index contributed by atoms with van der Waals surface area (Å²) in [7, 11) is 1.62. The molecule has 4 rings (SSSR count). The standard InChI is InChI=1S/C29H29ClFN5O3/c1-5-24(39)34-12-14-35(15-13-34)28(32-4)20-16-21(30)26(25-22(31)10-7-11-23(25)38)33-29(20)36(17-37)27-18(2)8-6-9-19(27)3/h5-11,16-17,38H,1,12-15H2,2-4H3. The fraction of sp³-hybridized carbons (Fsp3) is 0.241. The molecule has 1 fully saturated rings. The molecule has 1 aromatic heterocycles. The third kappa shape index (κ3) is 5.35. The molecule has 2 aromatic carbocycles. The first kappa shape index (κ1) is 27.8. The van der Waals surface area contributed by atoms with Crippen molar-refractivity contribution in [3.8, 4) is 17.0 Å². The fourth-order valence-corrected chi connectivity index (χ4v) is 5.09. The molecule has 0 radical (unpaired) electrons. The van der Waals surface area contributed by atoms with Crippen molar-refractivity contribution in [1.29, 1.82) is 0 Å². The van der Waals surface area contributed by atoms with Gasteiger partial charge in [-0.1, -0.05) is 42.4 Å². The number of halogens is 2. The van der Waals surface area contributed by atoms with E-state index in [1.165, 1.54) is 29.2 Å². The maximum Gasteiger partial charge on any atom is 0.246 e. The summed E-state index contributed by atoms with van der Waals surface area (Å²) >= 11 is 6.68. The van der Waals surface area contributed by atoms with Crippen LogP contribution in [0.3, 0.4) is 0 Å². The maximum atomic E-state index is 14.9. The van der Waals surface area contributed by atoms with Crippen molar-refractivity contribution in [2.75, 3.05) is 38.1 Å². The lowest BCUT2D eigenvalue weighted by Gasteiger charge is -2.37. The summed E-state index contributed by atoms with van der Waals surface area (Å²) < 4.78 is 14.9. The Morgan fingerprint density at radius 3 is 2.31 bits per heavy atom. The number of aromatic hydroxyl groups is 1. The number of pyridine rings is 1. The van der Waals surface area contributed by atoms with Crippen LogP contribution in [-0.2, 0) is 9.59 Å². The number of piperazine rings is 1. The van der Waals surface area contributed by atoms with Crippen molar-refractivity contribution in [2.45, 2.75) is 13.8 Å². The number of hydrogen-bond acceptors (Lipinski definition) is 5. The van der Waals surface area contributed by atoms with Crippen LogP contribution < -0.4 is 4.90 Å². The Hall–Kier alpha value is -4.24. The highest BCUT2D eigenvalue weighted by molar-refractivity contribution is 6.33. The second kappa shape index (κ2) is 11.7. The summed E-state index contributed by atoms with van der Waals surface area (Å²) in [6, 6.07) is 11.1. The number of carbonyl (C=O) groups is 2. The number of aromatic nitrogens is 1. The molecule has 0 aliphatic carbocycles. The lowest BCUT2D eigenvalue weighted by atomic mass is 10.0. The first-order valence-electron chi connectivity index (χ1n) is 12.3. The van der Waals surface area contributed by atoms with Crippen molar-refractivity contribution < 1.29 is 19.1 Å². The SMILES string of the molecule is C=CC(=O)N1CCN(C(=NC)c2cc(Cl)c(-c3c(O)cccc3F)nc2N(C=O)c2c(C)cccc2C)CC1. The number of amidine groups is 1. The average molecular weight is 550 g/mol. The molecular weight excluding hydrogens is 521 g/mol. The van der Waals surface area contributed by atoms with Gasteiger partial charge in [0.25, 0.3) is 0 Å². The average Bonchev–Trinajstić information content (AvgIpc) is 2.92. The molecule has 2 amide bonds. The summed E-state index contributed by atoms with van der Waals surface area (Å²) in [5, 5.41) is 10.6. The van der Waals surface area contributed by atoms with E-state index in [1.54, 1.807) is 18.0 Å². The van der Waals surface area contributed by atoms with Gasteiger partial charge >= 0.3 is 0 Å². The molecule has 0 bridgehead atoms. The smallest absolute Gasteiger partial charge is 0.246 e. The first-order chi connectivity index (χ1) is 18.7. The van der Waals surface area contributed by atoms with Gasteiger partial charge in [-0.25, -0.2) is 9.37 Å². The second-order valence-corrected chi connectivity index (χ2v) is 9.51. The Morgan fingerprint density at radius 1 is 1.13 bits per heavy atom. The Kier molecular flexibility index (Phi) is 8.30. The number of aryl methyl sites for hydroxylation is 2. The molecule has 0 atom stereocenters. The van der Waals surface area contributed by atoms with Crippen LogP contribution >= 0.6 is 11.6 Å². The molecule has 8 nitrogen and oxygen atoms in total. The second-order valence-electron chi connectivity index (χ2n) is 9.10. The normalized spacial score (nSPS) is 13.8. The van der Waals surface area contributed by atoms with E-state index in [0.29, 0.717) is 49.7 Å². The van der Waals surface area contributed by atoms with E-state index >= 15 is 0 Å². The van der Waals surface area contributed by atoms with Crippen molar-refractivity contribution in [1.82, 2.24) is 14.8 Å². The molecule has 0 saturated carbocycles. The summed E-state index contributed by atoms with van der Waals surface area (Å²) in [6.45, 7) is 9.17. The predicted molar refractivity (Wildman–Crippen MR) is 151 cm³/mol. The highest BCUT2D eigenvalue weighted by atomic mass is 35.5. The summed E-state index contributed by atoms with van der Waals surface area (Å²) in [5.41, 5.74) is 2.53. The van der Waals surface area contributed by atoms with Crippen LogP contribution in [0.1, 0.15) is 16.7 Å². The minimum Gasteiger partial charge on any atom is -0.507 e. The van der Waals surface area contributed by atoms with E-state index in [-0.39, 0.29) is 33.8 Å². The van der Waals surface area contributed by atoms with Gasteiger partial charge in [-0.05, 0) is 49.2 Å².